The van der Waals surface area contributed by atoms with Crippen molar-refractivity contribution in [3.8, 4) is 11.8 Å². The Morgan fingerprint density at radius 1 is 1.29 bits per heavy atom. The van der Waals surface area contributed by atoms with Crippen molar-refractivity contribution in [3.63, 3.8) is 0 Å². The summed E-state index contributed by atoms with van der Waals surface area (Å²) in [6.07, 6.45) is 4.28. The van der Waals surface area contributed by atoms with Gasteiger partial charge in [-0.05, 0) is 55.3 Å². The quantitative estimate of drug-likeness (QED) is 0.860. The van der Waals surface area contributed by atoms with Crippen molar-refractivity contribution in [3.05, 3.63) is 30.5 Å². The maximum Gasteiger partial charge on any atom is 0.300 e. The van der Waals surface area contributed by atoms with E-state index in [9.17, 15) is 4.79 Å². The monoisotopic (exact) mass is 279 g/mol. The highest BCUT2D eigenvalue weighted by Gasteiger charge is 2.16. The molecular formula is C17H17N3O. The third kappa shape index (κ3) is 2.82. The number of fused-ring (bicyclic) bond motifs is 1. The Kier molecular flexibility index (Phi) is 3.74. The van der Waals surface area contributed by atoms with Crippen LogP contribution < -0.4 is 10.2 Å². The van der Waals surface area contributed by atoms with Crippen LogP contribution in [0.25, 0.3) is 10.8 Å². The van der Waals surface area contributed by atoms with Crippen molar-refractivity contribution < 1.29 is 4.79 Å². The minimum absolute atomic E-state index is 0.286. The zero-order valence-electron chi connectivity index (χ0n) is 12.0. The predicted molar refractivity (Wildman–Crippen MR) is 85.3 cm³/mol. The van der Waals surface area contributed by atoms with E-state index in [1.165, 1.54) is 12.8 Å². The molecule has 2 heterocycles. The fourth-order valence-electron chi connectivity index (χ4n) is 2.70. The average molecular weight is 279 g/mol. The third-order valence-electron chi connectivity index (χ3n) is 3.65. The van der Waals surface area contributed by atoms with Crippen LogP contribution in [-0.4, -0.2) is 24.0 Å². The Labute approximate surface area is 124 Å². The van der Waals surface area contributed by atoms with Gasteiger partial charge in [-0.3, -0.25) is 4.79 Å². The van der Waals surface area contributed by atoms with Gasteiger partial charge in [-0.2, -0.15) is 0 Å². The van der Waals surface area contributed by atoms with Gasteiger partial charge in [0.05, 0.1) is 0 Å². The highest BCUT2D eigenvalue weighted by molar-refractivity contribution is 6.05. The van der Waals surface area contributed by atoms with Crippen LogP contribution in [0.4, 0.5) is 11.5 Å². The number of nitrogens with zero attached hydrogens (tertiary/aromatic N) is 2. The summed E-state index contributed by atoms with van der Waals surface area (Å²) in [5, 5.41) is 4.98. The molecule has 106 valence electrons. The Bertz CT molecular complexity index is 737. The molecule has 0 aliphatic carbocycles. The van der Waals surface area contributed by atoms with Gasteiger partial charge in [0.15, 0.2) is 0 Å². The Morgan fingerprint density at radius 2 is 2.10 bits per heavy atom. The molecule has 0 bridgehead atoms. The number of hydrogen-bond acceptors (Lipinski definition) is 3. The molecule has 0 saturated carbocycles. The molecule has 1 fully saturated rings. The number of carbonyl (C=O) groups excluding carboxylic acids is 1. The van der Waals surface area contributed by atoms with Crippen LogP contribution in [0, 0.1) is 11.8 Å². The number of amides is 1. The van der Waals surface area contributed by atoms with Gasteiger partial charge in [0.25, 0.3) is 5.91 Å². The highest BCUT2D eigenvalue weighted by Crippen LogP contribution is 2.28. The Balaban J connectivity index is 1.95. The van der Waals surface area contributed by atoms with Gasteiger partial charge in [0, 0.05) is 30.4 Å². The lowest BCUT2D eigenvalue weighted by Crippen LogP contribution is -2.19. The van der Waals surface area contributed by atoms with Gasteiger partial charge in [-0.1, -0.05) is 5.92 Å². The first-order valence-corrected chi connectivity index (χ1v) is 7.15. The van der Waals surface area contributed by atoms with Gasteiger partial charge in [-0.25, -0.2) is 4.98 Å². The molecule has 1 aromatic heterocycles. The summed E-state index contributed by atoms with van der Waals surface area (Å²) in [6, 6.07) is 7.85. The molecule has 0 spiro atoms. The summed E-state index contributed by atoms with van der Waals surface area (Å²) < 4.78 is 0. The molecular weight excluding hydrogens is 262 g/mol. The number of anilines is 2. The van der Waals surface area contributed by atoms with Crippen LogP contribution in [-0.2, 0) is 4.79 Å². The van der Waals surface area contributed by atoms with E-state index >= 15 is 0 Å². The summed E-state index contributed by atoms with van der Waals surface area (Å²) in [5.74, 6) is 5.82. The molecule has 4 nitrogen and oxygen atoms in total. The summed E-state index contributed by atoms with van der Waals surface area (Å²) in [4.78, 5) is 18.4. The first kappa shape index (κ1) is 13.4. The molecule has 2 aromatic rings. The molecule has 1 N–H and O–H groups in total. The molecule has 0 unspecified atom stereocenters. The molecule has 1 aromatic carbocycles. The molecule has 0 radical (unpaired) electrons. The fourth-order valence-corrected chi connectivity index (χ4v) is 2.70. The van der Waals surface area contributed by atoms with E-state index in [0.717, 1.165) is 35.4 Å². The molecule has 3 rings (SSSR count). The highest BCUT2D eigenvalue weighted by atomic mass is 16.1. The second kappa shape index (κ2) is 5.84. The Hall–Kier alpha value is -2.54. The van der Waals surface area contributed by atoms with E-state index in [1.807, 2.05) is 30.5 Å². The van der Waals surface area contributed by atoms with Gasteiger partial charge in [0.2, 0.25) is 0 Å². The normalized spacial score (nSPS) is 13.9. The van der Waals surface area contributed by atoms with Crippen LogP contribution in [0.2, 0.25) is 0 Å². The Morgan fingerprint density at radius 3 is 2.86 bits per heavy atom. The molecule has 1 saturated heterocycles. The maximum absolute atomic E-state index is 11.5. The summed E-state index contributed by atoms with van der Waals surface area (Å²) >= 11 is 0. The lowest BCUT2D eigenvalue weighted by atomic mass is 10.1. The molecule has 1 amide bonds. The number of aromatic nitrogens is 1. The van der Waals surface area contributed by atoms with Crippen molar-refractivity contribution >= 4 is 28.2 Å². The molecule has 1 aliphatic rings. The minimum Gasteiger partial charge on any atom is -0.356 e. The zero-order valence-corrected chi connectivity index (χ0v) is 12.0. The summed E-state index contributed by atoms with van der Waals surface area (Å²) in [6.45, 7) is 3.78. The topological polar surface area (TPSA) is 45.2 Å². The lowest BCUT2D eigenvalue weighted by molar-refractivity contribution is -0.111. The SMILES string of the molecule is CC#CC(=O)Nc1ccc2c(N3CCCC3)nccc2c1. The molecule has 1 aliphatic heterocycles. The van der Waals surface area contributed by atoms with Crippen LogP contribution in [0.1, 0.15) is 19.8 Å². The molecule has 4 heteroatoms. The van der Waals surface area contributed by atoms with E-state index < -0.39 is 0 Å². The standard InChI is InChI=1S/C17H17N3O/c1-2-5-16(21)19-14-6-7-15-13(12-14)8-9-18-17(15)20-10-3-4-11-20/h6-9,12H,3-4,10-11H2,1H3,(H,19,21). The number of rotatable bonds is 2. The van der Waals surface area contributed by atoms with Gasteiger partial charge in [0.1, 0.15) is 5.82 Å². The smallest absolute Gasteiger partial charge is 0.300 e. The van der Waals surface area contributed by atoms with Crippen molar-refractivity contribution in [2.24, 2.45) is 0 Å². The second-order valence-electron chi connectivity index (χ2n) is 5.09. The van der Waals surface area contributed by atoms with Gasteiger partial charge >= 0.3 is 0 Å². The third-order valence-corrected chi connectivity index (χ3v) is 3.65. The number of nitrogens with one attached hydrogen (secondary N) is 1. The van der Waals surface area contributed by atoms with Crippen LogP contribution in [0.5, 0.6) is 0 Å². The van der Waals surface area contributed by atoms with Crippen LogP contribution in [0.3, 0.4) is 0 Å². The lowest BCUT2D eigenvalue weighted by Gasteiger charge is -2.18. The maximum atomic E-state index is 11.5. The molecule has 0 atom stereocenters. The van der Waals surface area contributed by atoms with Gasteiger partial charge < -0.3 is 10.2 Å². The number of hydrogen-bond donors (Lipinski definition) is 1. The fraction of sp³-hybridized carbons (Fsp3) is 0.294. The summed E-state index contributed by atoms with van der Waals surface area (Å²) in [7, 11) is 0. The average Bonchev–Trinajstić information content (AvgIpc) is 3.00. The van der Waals surface area contributed by atoms with E-state index in [2.05, 4.69) is 27.0 Å². The summed E-state index contributed by atoms with van der Waals surface area (Å²) in [5.41, 5.74) is 0.758. The first-order valence-electron chi connectivity index (χ1n) is 7.15. The molecule has 21 heavy (non-hydrogen) atoms. The van der Waals surface area contributed by atoms with Crippen molar-refractivity contribution in [1.82, 2.24) is 4.98 Å². The zero-order chi connectivity index (χ0) is 14.7. The van der Waals surface area contributed by atoms with E-state index in [-0.39, 0.29) is 5.91 Å². The number of pyridine rings is 1. The van der Waals surface area contributed by atoms with Crippen molar-refractivity contribution in [1.29, 1.82) is 0 Å². The van der Waals surface area contributed by atoms with Crippen molar-refractivity contribution in [2.75, 3.05) is 23.3 Å². The number of benzene rings is 1. The van der Waals surface area contributed by atoms with Crippen molar-refractivity contribution in [2.45, 2.75) is 19.8 Å². The number of carbonyl (C=O) groups is 1. The van der Waals surface area contributed by atoms with Crippen LogP contribution in [0.15, 0.2) is 30.5 Å². The van der Waals surface area contributed by atoms with Crippen LogP contribution >= 0.6 is 0 Å². The van der Waals surface area contributed by atoms with Gasteiger partial charge in [-0.15, -0.1) is 0 Å². The van der Waals surface area contributed by atoms with E-state index in [4.69, 9.17) is 0 Å². The predicted octanol–water partition coefficient (Wildman–Crippen LogP) is 2.80. The van der Waals surface area contributed by atoms with E-state index in [0.29, 0.717) is 0 Å². The second-order valence-corrected chi connectivity index (χ2v) is 5.09. The largest absolute Gasteiger partial charge is 0.356 e. The minimum atomic E-state index is -0.286. The first-order chi connectivity index (χ1) is 10.3. The van der Waals surface area contributed by atoms with E-state index in [1.54, 1.807) is 6.92 Å².